The van der Waals surface area contributed by atoms with E-state index in [2.05, 4.69) is 0 Å². The number of carbonyl (C=O) groups is 1. The zero-order chi connectivity index (χ0) is 13.8. The van der Waals surface area contributed by atoms with E-state index in [9.17, 15) is 4.79 Å². The van der Waals surface area contributed by atoms with Crippen molar-refractivity contribution < 1.29 is 14.3 Å². The van der Waals surface area contributed by atoms with Gasteiger partial charge in [0, 0.05) is 24.6 Å². The molecule has 0 radical (unpaired) electrons. The van der Waals surface area contributed by atoms with Crippen LogP contribution in [-0.4, -0.2) is 49.3 Å². The van der Waals surface area contributed by atoms with Crippen LogP contribution in [-0.2, 0) is 20.7 Å². The van der Waals surface area contributed by atoms with Gasteiger partial charge in [-0.2, -0.15) is 0 Å². The van der Waals surface area contributed by atoms with E-state index in [1.54, 1.807) is 11.3 Å². The number of nitrogens with zero attached hydrogens (tertiary/aromatic N) is 1. The number of amides is 1. The molecule has 2 aliphatic heterocycles. The van der Waals surface area contributed by atoms with Crippen molar-refractivity contribution in [2.75, 3.05) is 26.3 Å². The smallest absolute Gasteiger partial charge is 0.227 e. The highest BCUT2D eigenvalue weighted by atomic mass is 32.1. The highest BCUT2D eigenvalue weighted by Gasteiger charge is 2.26. The first-order valence-corrected chi connectivity index (χ1v) is 8.22. The summed E-state index contributed by atoms with van der Waals surface area (Å²) < 4.78 is 11.4. The molecular formula is C15H21NO3S. The molecule has 1 atom stereocenters. The number of likely N-dealkylation sites (tertiary alicyclic amines) is 1. The topological polar surface area (TPSA) is 38.8 Å². The monoisotopic (exact) mass is 295 g/mol. The van der Waals surface area contributed by atoms with Crippen LogP contribution < -0.4 is 0 Å². The fraction of sp³-hybridized carbons (Fsp3) is 0.667. The van der Waals surface area contributed by atoms with E-state index in [1.165, 1.54) is 0 Å². The van der Waals surface area contributed by atoms with Crippen LogP contribution in [0.4, 0.5) is 0 Å². The van der Waals surface area contributed by atoms with Crippen LogP contribution in [0.25, 0.3) is 0 Å². The van der Waals surface area contributed by atoms with Gasteiger partial charge in [-0.15, -0.1) is 11.3 Å². The lowest BCUT2D eigenvalue weighted by atomic mass is 10.1. The Balaban J connectivity index is 1.42. The minimum Gasteiger partial charge on any atom is -0.379 e. The molecule has 3 rings (SSSR count). The predicted octanol–water partition coefficient (Wildman–Crippen LogP) is 2.09. The number of hydrogen-bond acceptors (Lipinski definition) is 4. The third-order valence-electron chi connectivity index (χ3n) is 3.97. The quantitative estimate of drug-likeness (QED) is 0.854. The molecule has 1 aromatic rings. The molecule has 110 valence electrons. The SMILES string of the molecule is O=C(Cc1cccs1)N1CCC(O[C@H]2CCOC2)CC1. The molecule has 4 nitrogen and oxygen atoms in total. The Labute approximate surface area is 123 Å². The van der Waals surface area contributed by atoms with Gasteiger partial charge in [0.1, 0.15) is 0 Å². The van der Waals surface area contributed by atoms with Crippen LogP contribution in [0, 0.1) is 0 Å². The molecule has 0 saturated carbocycles. The molecule has 0 aromatic carbocycles. The molecule has 0 N–H and O–H groups in total. The molecule has 0 unspecified atom stereocenters. The zero-order valence-corrected chi connectivity index (χ0v) is 12.4. The molecule has 1 amide bonds. The summed E-state index contributed by atoms with van der Waals surface area (Å²) in [7, 11) is 0. The van der Waals surface area contributed by atoms with Crippen molar-refractivity contribution in [2.45, 2.75) is 37.9 Å². The number of hydrogen-bond donors (Lipinski definition) is 0. The van der Waals surface area contributed by atoms with Gasteiger partial charge in [-0.25, -0.2) is 0 Å². The second kappa shape index (κ2) is 6.70. The lowest BCUT2D eigenvalue weighted by Gasteiger charge is -2.33. The molecule has 20 heavy (non-hydrogen) atoms. The molecule has 2 aliphatic rings. The van der Waals surface area contributed by atoms with E-state index >= 15 is 0 Å². The summed E-state index contributed by atoms with van der Waals surface area (Å²) in [6.07, 6.45) is 4.03. The Bertz CT molecular complexity index is 420. The van der Waals surface area contributed by atoms with Gasteiger partial charge < -0.3 is 14.4 Å². The van der Waals surface area contributed by atoms with Crippen molar-refractivity contribution >= 4 is 17.2 Å². The van der Waals surface area contributed by atoms with Gasteiger partial charge in [0.2, 0.25) is 5.91 Å². The highest BCUT2D eigenvalue weighted by molar-refractivity contribution is 7.10. The van der Waals surface area contributed by atoms with Crippen molar-refractivity contribution in [3.05, 3.63) is 22.4 Å². The molecule has 0 bridgehead atoms. The second-order valence-corrected chi connectivity index (χ2v) is 6.49. The van der Waals surface area contributed by atoms with E-state index in [0.29, 0.717) is 12.5 Å². The maximum absolute atomic E-state index is 12.2. The average molecular weight is 295 g/mol. The first-order valence-electron chi connectivity index (χ1n) is 7.34. The van der Waals surface area contributed by atoms with Crippen molar-refractivity contribution in [1.82, 2.24) is 4.90 Å². The zero-order valence-electron chi connectivity index (χ0n) is 11.6. The number of thiophene rings is 1. The van der Waals surface area contributed by atoms with E-state index in [1.807, 2.05) is 22.4 Å². The normalized spacial score (nSPS) is 24.2. The number of ether oxygens (including phenoxy) is 2. The third-order valence-corrected chi connectivity index (χ3v) is 4.85. The second-order valence-electron chi connectivity index (χ2n) is 5.46. The van der Waals surface area contributed by atoms with Crippen LogP contribution in [0.5, 0.6) is 0 Å². The van der Waals surface area contributed by atoms with Gasteiger partial charge >= 0.3 is 0 Å². The molecule has 2 fully saturated rings. The Hall–Kier alpha value is -0.910. The summed E-state index contributed by atoms with van der Waals surface area (Å²) in [5.74, 6) is 0.245. The van der Waals surface area contributed by atoms with Gasteiger partial charge in [0.05, 0.1) is 25.2 Å². The van der Waals surface area contributed by atoms with Crippen LogP contribution in [0.3, 0.4) is 0 Å². The van der Waals surface area contributed by atoms with Crippen LogP contribution >= 0.6 is 11.3 Å². The van der Waals surface area contributed by atoms with Crippen LogP contribution in [0.1, 0.15) is 24.1 Å². The van der Waals surface area contributed by atoms with Crippen molar-refractivity contribution in [1.29, 1.82) is 0 Å². The highest BCUT2D eigenvalue weighted by Crippen LogP contribution is 2.20. The Morgan fingerprint density at radius 1 is 1.35 bits per heavy atom. The summed E-state index contributed by atoms with van der Waals surface area (Å²) in [6, 6.07) is 4.02. The van der Waals surface area contributed by atoms with Crippen molar-refractivity contribution in [3.63, 3.8) is 0 Å². The molecule has 0 spiro atoms. The minimum absolute atomic E-state index is 0.245. The molecule has 0 aliphatic carbocycles. The summed E-state index contributed by atoms with van der Waals surface area (Å²) in [4.78, 5) is 15.3. The van der Waals surface area contributed by atoms with E-state index in [-0.39, 0.29) is 12.0 Å². The molecule has 5 heteroatoms. The van der Waals surface area contributed by atoms with E-state index in [0.717, 1.165) is 50.4 Å². The molecule has 2 saturated heterocycles. The lowest BCUT2D eigenvalue weighted by molar-refractivity contribution is -0.133. The van der Waals surface area contributed by atoms with Crippen molar-refractivity contribution in [3.8, 4) is 0 Å². The lowest BCUT2D eigenvalue weighted by Crippen LogP contribution is -2.42. The third kappa shape index (κ3) is 3.59. The van der Waals surface area contributed by atoms with E-state index in [4.69, 9.17) is 9.47 Å². The van der Waals surface area contributed by atoms with Gasteiger partial charge in [0.25, 0.3) is 0 Å². The summed E-state index contributed by atoms with van der Waals surface area (Å²) in [5, 5.41) is 2.02. The standard InChI is InChI=1S/C15H21NO3S/c17-15(10-14-2-1-9-20-14)16-6-3-12(4-7-16)19-13-5-8-18-11-13/h1-2,9,12-13H,3-8,10-11H2/t13-/m0/s1. The summed E-state index contributed by atoms with van der Waals surface area (Å²) in [5.41, 5.74) is 0. The predicted molar refractivity (Wildman–Crippen MR) is 77.9 cm³/mol. The van der Waals surface area contributed by atoms with Gasteiger partial charge in [-0.3, -0.25) is 4.79 Å². The number of rotatable bonds is 4. The Morgan fingerprint density at radius 2 is 2.20 bits per heavy atom. The maximum atomic E-state index is 12.2. The van der Waals surface area contributed by atoms with Gasteiger partial charge in [-0.05, 0) is 30.7 Å². The first kappa shape index (κ1) is 14.0. The minimum atomic E-state index is 0.245. The molecule has 3 heterocycles. The maximum Gasteiger partial charge on any atom is 0.227 e. The van der Waals surface area contributed by atoms with Crippen molar-refractivity contribution in [2.24, 2.45) is 0 Å². The van der Waals surface area contributed by atoms with Gasteiger partial charge in [-0.1, -0.05) is 6.07 Å². The number of piperidine rings is 1. The fourth-order valence-corrected chi connectivity index (χ4v) is 3.50. The Kier molecular flexibility index (Phi) is 4.70. The fourth-order valence-electron chi connectivity index (χ4n) is 2.81. The summed E-state index contributed by atoms with van der Waals surface area (Å²) >= 11 is 1.65. The largest absolute Gasteiger partial charge is 0.379 e. The van der Waals surface area contributed by atoms with Gasteiger partial charge in [0.15, 0.2) is 0 Å². The molecular weight excluding hydrogens is 274 g/mol. The van der Waals surface area contributed by atoms with Crippen LogP contribution in [0.2, 0.25) is 0 Å². The Morgan fingerprint density at radius 3 is 2.85 bits per heavy atom. The molecule has 1 aromatic heterocycles. The van der Waals surface area contributed by atoms with Crippen LogP contribution in [0.15, 0.2) is 17.5 Å². The summed E-state index contributed by atoms with van der Waals surface area (Å²) in [6.45, 7) is 3.20. The number of carbonyl (C=O) groups excluding carboxylic acids is 1. The van der Waals surface area contributed by atoms with E-state index < -0.39 is 0 Å². The average Bonchev–Trinajstić information content (AvgIpc) is 3.13. The first-order chi connectivity index (χ1) is 9.81.